The molecule has 1 heterocycles. The summed E-state index contributed by atoms with van der Waals surface area (Å²) in [6, 6.07) is 4.76. The van der Waals surface area contributed by atoms with Crippen molar-refractivity contribution in [3.63, 3.8) is 0 Å². The van der Waals surface area contributed by atoms with E-state index in [2.05, 4.69) is 15.9 Å². The third-order valence-corrected chi connectivity index (χ3v) is 6.88. The van der Waals surface area contributed by atoms with E-state index in [0.717, 1.165) is 6.42 Å². The summed E-state index contributed by atoms with van der Waals surface area (Å²) in [4.78, 5) is 0.263. The van der Waals surface area contributed by atoms with Gasteiger partial charge in [0.05, 0.1) is 9.92 Å². The average Bonchev–Trinajstić information content (AvgIpc) is 2.42. The summed E-state index contributed by atoms with van der Waals surface area (Å²) < 4.78 is 27.4. The number of piperidine rings is 1. The molecule has 20 heavy (non-hydrogen) atoms. The summed E-state index contributed by atoms with van der Waals surface area (Å²) in [5.41, 5.74) is 6.03. The average molecular weight is 382 g/mol. The van der Waals surface area contributed by atoms with E-state index in [0.29, 0.717) is 29.0 Å². The van der Waals surface area contributed by atoms with E-state index in [1.165, 1.54) is 10.4 Å². The molecule has 1 aliphatic rings. The van der Waals surface area contributed by atoms with Gasteiger partial charge in [0.25, 0.3) is 0 Å². The standard InChI is InChI=1S/C13H18BrClN2O2S/c1-2-9-8-17(6-5-13(9)16)20(18,19)10-3-4-12(15)11(14)7-10/h3-4,7,9,13H,2,5-6,8,16H2,1H3. The minimum Gasteiger partial charge on any atom is -0.327 e. The van der Waals surface area contributed by atoms with E-state index in [1.807, 2.05) is 6.92 Å². The van der Waals surface area contributed by atoms with Gasteiger partial charge in [-0.3, -0.25) is 0 Å². The highest BCUT2D eigenvalue weighted by atomic mass is 79.9. The van der Waals surface area contributed by atoms with Crippen LogP contribution in [-0.2, 0) is 10.0 Å². The molecule has 2 unspecified atom stereocenters. The molecule has 4 nitrogen and oxygen atoms in total. The highest BCUT2D eigenvalue weighted by Gasteiger charge is 2.33. The molecule has 0 aromatic heterocycles. The number of benzene rings is 1. The van der Waals surface area contributed by atoms with Crippen LogP contribution in [-0.4, -0.2) is 31.9 Å². The molecule has 0 spiro atoms. The van der Waals surface area contributed by atoms with Crippen LogP contribution >= 0.6 is 27.5 Å². The van der Waals surface area contributed by atoms with E-state index in [1.54, 1.807) is 12.1 Å². The molecular weight excluding hydrogens is 364 g/mol. The first kappa shape index (κ1) is 16.2. The zero-order valence-electron chi connectivity index (χ0n) is 11.2. The maximum absolute atomic E-state index is 12.6. The van der Waals surface area contributed by atoms with Crippen molar-refractivity contribution in [3.8, 4) is 0 Å². The Balaban J connectivity index is 2.28. The molecule has 1 aromatic carbocycles. The number of sulfonamides is 1. The zero-order chi connectivity index (χ0) is 14.9. The third kappa shape index (κ3) is 3.20. The van der Waals surface area contributed by atoms with E-state index >= 15 is 0 Å². The van der Waals surface area contributed by atoms with Gasteiger partial charge in [0.15, 0.2) is 0 Å². The first-order chi connectivity index (χ1) is 9.36. The van der Waals surface area contributed by atoms with Crippen molar-refractivity contribution in [1.82, 2.24) is 4.31 Å². The smallest absolute Gasteiger partial charge is 0.243 e. The summed E-state index contributed by atoms with van der Waals surface area (Å²) in [5.74, 6) is 0.217. The predicted molar refractivity (Wildman–Crippen MR) is 84.3 cm³/mol. The summed E-state index contributed by atoms with van der Waals surface area (Å²) >= 11 is 9.17. The van der Waals surface area contributed by atoms with Crippen molar-refractivity contribution in [2.75, 3.05) is 13.1 Å². The van der Waals surface area contributed by atoms with Crippen molar-refractivity contribution >= 4 is 37.6 Å². The predicted octanol–water partition coefficient (Wildman–Crippen LogP) is 2.85. The summed E-state index contributed by atoms with van der Waals surface area (Å²) in [6.07, 6.45) is 1.59. The van der Waals surface area contributed by atoms with Gasteiger partial charge in [0.1, 0.15) is 0 Å². The molecule has 112 valence electrons. The molecule has 0 aliphatic carbocycles. The van der Waals surface area contributed by atoms with Crippen molar-refractivity contribution in [3.05, 3.63) is 27.7 Å². The number of hydrogen-bond acceptors (Lipinski definition) is 3. The van der Waals surface area contributed by atoms with Gasteiger partial charge in [-0.1, -0.05) is 24.9 Å². The Labute approximate surface area is 133 Å². The summed E-state index contributed by atoms with van der Waals surface area (Å²) in [5, 5.41) is 0.496. The second-order valence-electron chi connectivity index (χ2n) is 5.06. The Morgan fingerprint density at radius 2 is 2.20 bits per heavy atom. The minimum atomic E-state index is -3.48. The third-order valence-electron chi connectivity index (χ3n) is 3.81. The van der Waals surface area contributed by atoms with Gasteiger partial charge in [-0.2, -0.15) is 4.31 Å². The molecular formula is C13H18BrClN2O2S. The number of nitrogens with zero attached hydrogens (tertiary/aromatic N) is 1. The molecule has 1 aromatic rings. The van der Waals surface area contributed by atoms with Gasteiger partial charge in [0.2, 0.25) is 10.0 Å². The second-order valence-corrected chi connectivity index (χ2v) is 8.26. The maximum Gasteiger partial charge on any atom is 0.243 e. The van der Waals surface area contributed by atoms with Crippen LogP contribution in [0.4, 0.5) is 0 Å². The first-order valence-electron chi connectivity index (χ1n) is 6.57. The number of hydrogen-bond donors (Lipinski definition) is 1. The molecule has 1 fully saturated rings. The molecule has 0 radical (unpaired) electrons. The minimum absolute atomic E-state index is 0.0865. The largest absolute Gasteiger partial charge is 0.327 e. The lowest BCUT2D eigenvalue weighted by Gasteiger charge is -2.35. The highest BCUT2D eigenvalue weighted by Crippen LogP contribution is 2.29. The fourth-order valence-corrected chi connectivity index (χ4v) is 4.64. The van der Waals surface area contributed by atoms with Crippen LogP contribution in [0.15, 0.2) is 27.6 Å². The Morgan fingerprint density at radius 1 is 1.50 bits per heavy atom. The molecule has 0 amide bonds. The van der Waals surface area contributed by atoms with E-state index in [-0.39, 0.29) is 16.9 Å². The molecule has 1 saturated heterocycles. The lowest BCUT2D eigenvalue weighted by Crippen LogP contribution is -2.48. The fourth-order valence-electron chi connectivity index (χ4n) is 2.45. The van der Waals surface area contributed by atoms with Gasteiger partial charge in [-0.05, 0) is 46.5 Å². The molecule has 2 rings (SSSR count). The highest BCUT2D eigenvalue weighted by molar-refractivity contribution is 9.10. The Bertz CT molecular complexity index is 594. The Kier molecular flexibility index (Phi) is 5.13. The number of nitrogens with two attached hydrogens (primary N) is 1. The Morgan fingerprint density at radius 3 is 2.80 bits per heavy atom. The molecule has 0 saturated carbocycles. The normalized spacial score (nSPS) is 24.8. The fraction of sp³-hybridized carbons (Fsp3) is 0.538. The van der Waals surface area contributed by atoms with Crippen LogP contribution in [0.2, 0.25) is 5.02 Å². The van der Waals surface area contributed by atoms with E-state index in [4.69, 9.17) is 17.3 Å². The second kappa shape index (κ2) is 6.32. The molecule has 0 bridgehead atoms. The molecule has 7 heteroatoms. The van der Waals surface area contributed by atoms with Gasteiger partial charge in [-0.15, -0.1) is 0 Å². The van der Waals surface area contributed by atoms with Gasteiger partial charge in [0, 0.05) is 23.6 Å². The molecule has 2 N–H and O–H groups in total. The molecule has 1 aliphatic heterocycles. The van der Waals surface area contributed by atoms with Crippen LogP contribution in [0, 0.1) is 5.92 Å². The van der Waals surface area contributed by atoms with Crippen LogP contribution in [0.1, 0.15) is 19.8 Å². The number of rotatable bonds is 3. The Hall–Kier alpha value is -0.140. The van der Waals surface area contributed by atoms with Crippen molar-refractivity contribution in [1.29, 1.82) is 0 Å². The summed E-state index contributed by atoms with van der Waals surface area (Å²) in [7, 11) is -3.48. The van der Waals surface area contributed by atoms with Crippen LogP contribution in [0.5, 0.6) is 0 Å². The lowest BCUT2D eigenvalue weighted by molar-refractivity contribution is 0.230. The first-order valence-corrected chi connectivity index (χ1v) is 9.18. The van der Waals surface area contributed by atoms with E-state index in [9.17, 15) is 8.42 Å². The maximum atomic E-state index is 12.6. The monoisotopic (exact) mass is 380 g/mol. The lowest BCUT2D eigenvalue weighted by atomic mass is 9.92. The van der Waals surface area contributed by atoms with Crippen LogP contribution < -0.4 is 5.73 Å². The topological polar surface area (TPSA) is 63.4 Å². The summed E-state index contributed by atoms with van der Waals surface area (Å²) in [6.45, 7) is 3.00. The van der Waals surface area contributed by atoms with Crippen molar-refractivity contribution < 1.29 is 8.42 Å². The van der Waals surface area contributed by atoms with Gasteiger partial charge in [-0.25, -0.2) is 8.42 Å². The van der Waals surface area contributed by atoms with Crippen molar-refractivity contribution in [2.45, 2.75) is 30.7 Å². The zero-order valence-corrected chi connectivity index (χ0v) is 14.4. The van der Waals surface area contributed by atoms with Gasteiger partial charge < -0.3 is 5.73 Å². The van der Waals surface area contributed by atoms with Crippen molar-refractivity contribution in [2.24, 2.45) is 11.7 Å². The quantitative estimate of drug-likeness (QED) is 0.875. The van der Waals surface area contributed by atoms with E-state index < -0.39 is 10.0 Å². The van der Waals surface area contributed by atoms with Crippen LogP contribution in [0.25, 0.3) is 0 Å². The SMILES string of the molecule is CCC1CN(S(=O)(=O)c2ccc(Cl)c(Br)c2)CCC1N. The van der Waals surface area contributed by atoms with Gasteiger partial charge >= 0.3 is 0 Å². The number of halogens is 2. The molecule has 2 atom stereocenters. The van der Waals surface area contributed by atoms with Crippen LogP contribution in [0.3, 0.4) is 0 Å².